The molecule has 0 aromatic carbocycles. The van der Waals surface area contributed by atoms with Crippen molar-refractivity contribution in [3.05, 3.63) is 60.8 Å². The number of rotatable bonds is 65. The smallest absolute Gasteiger partial charge is 0.306 e. The minimum Gasteiger partial charge on any atom is -0.462 e. The Labute approximate surface area is 498 Å². The normalized spacial score (nSPS) is 12.4. The van der Waals surface area contributed by atoms with E-state index in [1.165, 1.54) is 238 Å². The molecule has 0 fully saturated rings. The monoisotopic (exact) mass is 1120 g/mol. The Morgan fingerprint density at radius 1 is 0.263 bits per heavy atom. The van der Waals surface area contributed by atoms with Gasteiger partial charge < -0.3 is 14.2 Å². The number of allylic oxidation sites excluding steroid dienone is 10. The Bertz CT molecular complexity index is 1430. The molecule has 0 N–H and O–H groups in total. The molecule has 0 rings (SSSR count). The van der Waals surface area contributed by atoms with Crippen LogP contribution < -0.4 is 0 Å². The average Bonchev–Trinajstić information content (AvgIpc) is 3.46. The van der Waals surface area contributed by atoms with Gasteiger partial charge in [0.15, 0.2) is 6.10 Å². The molecule has 0 radical (unpaired) electrons. The molecule has 0 bridgehead atoms. The summed E-state index contributed by atoms with van der Waals surface area (Å²) >= 11 is 0. The van der Waals surface area contributed by atoms with Crippen molar-refractivity contribution in [1.82, 2.24) is 0 Å². The van der Waals surface area contributed by atoms with Gasteiger partial charge in [-0.1, -0.05) is 351 Å². The highest BCUT2D eigenvalue weighted by Gasteiger charge is 2.19. The van der Waals surface area contributed by atoms with Crippen molar-refractivity contribution in [1.29, 1.82) is 0 Å². The molecule has 0 aliphatic carbocycles. The fraction of sp³-hybridized carbons (Fsp3) is 0.824. The van der Waals surface area contributed by atoms with Gasteiger partial charge in [0.1, 0.15) is 13.2 Å². The Morgan fingerprint density at radius 2 is 0.487 bits per heavy atom. The fourth-order valence-electron chi connectivity index (χ4n) is 10.5. The van der Waals surface area contributed by atoms with Crippen LogP contribution in [0.3, 0.4) is 0 Å². The molecule has 1 unspecified atom stereocenters. The number of ether oxygens (including phenoxy) is 3. The van der Waals surface area contributed by atoms with Crippen molar-refractivity contribution in [3.8, 4) is 0 Å². The summed E-state index contributed by atoms with van der Waals surface area (Å²) < 4.78 is 17.0. The van der Waals surface area contributed by atoms with E-state index in [2.05, 4.69) is 81.5 Å². The summed E-state index contributed by atoms with van der Waals surface area (Å²) in [5, 5.41) is 0. The summed E-state index contributed by atoms with van der Waals surface area (Å²) in [4.78, 5) is 38.5. The molecule has 0 aliphatic heterocycles. The van der Waals surface area contributed by atoms with E-state index >= 15 is 0 Å². The molecular weight excluding hydrogens is 985 g/mol. The second kappa shape index (κ2) is 68.6. The van der Waals surface area contributed by atoms with Gasteiger partial charge in [-0.25, -0.2) is 0 Å². The molecule has 6 heteroatoms. The van der Waals surface area contributed by atoms with Crippen molar-refractivity contribution in [2.75, 3.05) is 13.2 Å². The van der Waals surface area contributed by atoms with Gasteiger partial charge in [-0.3, -0.25) is 14.4 Å². The van der Waals surface area contributed by atoms with Crippen molar-refractivity contribution in [2.24, 2.45) is 0 Å². The zero-order chi connectivity index (χ0) is 57.8. The van der Waals surface area contributed by atoms with Gasteiger partial charge in [0.05, 0.1) is 0 Å². The highest BCUT2D eigenvalue weighted by Crippen LogP contribution is 2.18. The van der Waals surface area contributed by atoms with Crippen molar-refractivity contribution in [2.45, 2.75) is 380 Å². The maximum absolute atomic E-state index is 13.0. The quantitative estimate of drug-likeness (QED) is 0.0261. The Hall–Kier alpha value is -2.89. The van der Waals surface area contributed by atoms with Crippen LogP contribution in [0.5, 0.6) is 0 Å². The molecule has 0 aromatic rings. The SMILES string of the molecule is CC/C=C\C/C=C\C/C=C\C/C=C\C/C=C\CCCCCCCCCCCC(=O)OCC(COC(=O)CCCCCCCCCCCCCCCCCC)OC(=O)CCCCCCCCCCCCCCCCCCCCCCC. The third-order valence-corrected chi connectivity index (χ3v) is 15.8. The zero-order valence-electron chi connectivity index (χ0n) is 53.6. The minimum absolute atomic E-state index is 0.0700. The van der Waals surface area contributed by atoms with Gasteiger partial charge in [-0.05, 0) is 64.2 Å². The molecular formula is C74H134O6. The molecule has 0 saturated carbocycles. The van der Waals surface area contributed by atoms with Crippen LogP contribution >= 0.6 is 0 Å². The molecule has 1 atom stereocenters. The highest BCUT2D eigenvalue weighted by molar-refractivity contribution is 5.71. The molecule has 0 aliphatic rings. The minimum atomic E-state index is -0.775. The van der Waals surface area contributed by atoms with Crippen LogP contribution in [-0.2, 0) is 28.6 Å². The van der Waals surface area contributed by atoms with Gasteiger partial charge in [-0.2, -0.15) is 0 Å². The Balaban J connectivity index is 4.31. The van der Waals surface area contributed by atoms with E-state index in [0.29, 0.717) is 19.3 Å². The van der Waals surface area contributed by atoms with Gasteiger partial charge >= 0.3 is 17.9 Å². The lowest BCUT2D eigenvalue weighted by molar-refractivity contribution is -0.167. The third kappa shape index (κ3) is 65.9. The summed E-state index contributed by atoms with van der Waals surface area (Å²) in [5.74, 6) is -0.848. The first-order chi connectivity index (χ1) is 39.5. The maximum atomic E-state index is 13.0. The van der Waals surface area contributed by atoms with E-state index < -0.39 is 6.10 Å². The van der Waals surface area contributed by atoms with Gasteiger partial charge in [0, 0.05) is 19.3 Å². The molecule has 466 valence electrons. The zero-order valence-corrected chi connectivity index (χ0v) is 53.6. The predicted octanol–water partition coefficient (Wildman–Crippen LogP) is 24.3. The van der Waals surface area contributed by atoms with E-state index in [-0.39, 0.29) is 31.1 Å². The van der Waals surface area contributed by atoms with Crippen molar-refractivity contribution < 1.29 is 28.6 Å². The summed E-state index contributed by atoms with van der Waals surface area (Å²) in [7, 11) is 0. The number of unbranched alkanes of at least 4 members (excludes halogenated alkanes) is 44. The predicted molar refractivity (Wildman–Crippen MR) is 348 cm³/mol. The maximum Gasteiger partial charge on any atom is 0.306 e. The fourth-order valence-corrected chi connectivity index (χ4v) is 10.5. The summed E-state index contributed by atoms with van der Waals surface area (Å²) in [6, 6.07) is 0. The lowest BCUT2D eigenvalue weighted by atomic mass is 10.0. The van der Waals surface area contributed by atoms with Crippen molar-refractivity contribution >= 4 is 17.9 Å². The van der Waals surface area contributed by atoms with E-state index in [1.807, 2.05) is 0 Å². The summed E-state index contributed by atoms with van der Waals surface area (Å²) in [6.07, 6.45) is 88.1. The first kappa shape index (κ1) is 77.1. The van der Waals surface area contributed by atoms with E-state index in [4.69, 9.17) is 14.2 Å². The first-order valence-corrected chi connectivity index (χ1v) is 35.3. The number of hydrogen-bond donors (Lipinski definition) is 0. The number of carbonyl (C=O) groups excluding carboxylic acids is 3. The number of carbonyl (C=O) groups is 3. The third-order valence-electron chi connectivity index (χ3n) is 15.8. The molecule has 0 amide bonds. The lowest BCUT2D eigenvalue weighted by Gasteiger charge is -2.18. The molecule has 6 nitrogen and oxygen atoms in total. The molecule has 0 spiro atoms. The standard InChI is InChI=1S/C74H134O6/c1-4-7-10-13-16-19-22-25-28-31-33-35-36-37-38-40-41-43-46-49-52-55-58-61-64-67-73(76)79-70-71(69-78-72(75)66-63-60-57-54-51-48-45-30-27-24-21-18-15-12-9-6-3)80-74(77)68-65-62-59-56-53-50-47-44-42-39-34-32-29-26-23-20-17-14-11-8-5-2/h7,10,16,19,25,28,33,35,37-38,71H,4-6,8-9,11-15,17-18,20-24,26-27,29-32,34,36,39-70H2,1-3H3/b10-7-,19-16-,28-25-,35-33-,38-37-. The van der Waals surface area contributed by atoms with Crippen molar-refractivity contribution in [3.63, 3.8) is 0 Å². The van der Waals surface area contributed by atoms with E-state index in [9.17, 15) is 14.4 Å². The highest BCUT2D eigenvalue weighted by atomic mass is 16.6. The van der Waals surface area contributed by atoms with Gasteiger partial charge in [0.2, 0.25) is 0 Å². The van der Waals surface area contributed by atoms with Gasteiger partial charge in [0.25, 0.3) is 0 Å². The van der Waals surface area contributed by atoms with Crippen LogP contribution in [0.15, 0.2) is 60.8 Å². The van der Waals surface area contributed by atoms with E-state index in [0.717, 1.165) is 96.3 Å². The van der Waals surface area contributed by atoms with Crippen LogP contribution in [0.4, 0.5) is 0 Å². The molecule has 0 heterocycles. The summed E-state index contributed by atoms with van der Waals surface area (Å²) in [6.45, 7) is 6.60. The van der Waals surface area contributed by atoms with Crippen LogP contribution in [0.25, 0.3) is 0 Å². The van der Waals surface area contributed by atoms with Crippen LogP contribution in [0.2, 0.25) is 0 Å². The van der Waals surface area contributed by atoms with Crippen LogP contribution in [0.1, 0.15) is 374 Å². The van der Waals surface area contributed by atoms with Gasteiger partial charge in [-0.15, -0.1) is 0 Å². The molecule has 80 heavy (non-hydrogen) atoms. The lowest BCUT2D eigenvalue weighted by Crippen LogP contribution is -2.30. The second-order valence-electron chi connectivity index (χ2n) is 23.8. The molecule has 0 aromatic heterocycles. The second-order valence-corrected chi connectivity index (χ2v) is 23.8. The number of hydrogen-bond acceptors (Lipinski definition) is 6. The topological polar surface area (TPSA) is 78.9 Å². The summed E-state index contributed by atoms with van der Waals surface area (Å²) in [5.41, 5.74) is 0. The molecule has 0 saturated heterocycles. The van der Waals surface area contributed by atoms with Crippen LogP contribution in [-0.4, -0.2) is 37.2 Å². The van der Waals surface area contributed by atoms with Crippen LogP contribution in [0, 0.1) is 0 Å². The Kier molecular flexibility index (Phi) is 66.1. The average molecular weight is 1120 g/mol. The Morgan fingerprint density at radius 3 is 0.762 bits per heavy atom. The van der Waals surface area contributed by atoms with E-state index in [1.54, 1.807) is 0 Å². The largest absolute Gasteiger partial charge is 0.462 e. The number of esters is 3. The first-order valence-electron chi connectivity index (χ1n) is 35.3.